The smallest absolute Gasteiger partial charge is 0.252 e. The van der Waals surface area contributed by atoms with Crippen LogP contribution in [0, 0.1) is 29.0 Å². The average Bonchev–Trinajstić information content (AvgIpc) is 2.59. The van der Waals surface area contributed by atoms with Crippen molar-refractivity contribution in [3.63, 3.8) is 0 Å². The molecule has 0 spiro atoms. The Bertz CT molecular complexity index is 800. The van der Waals surface area contributed by atoms with Gasteiger partial charge in [0.2, 0.25) is 0 Å². The van der Waals surface area contributed by atoms with Gasteiger partial charge in [-0.3, -0.25) is 4.79 Å². The fourth-order valence-corrected chi connectivity index (χ4v) is 1.75. The fourth-order valence-electron chi connectivity index (χ4n) is 1.75. The molecule has 1 N–H and O–H groups in total. The zero-order valence-electron chi connectivity index (χ0n) is 12.2. The number of carbonyl (C=O) groups is 1. The molecule has 0 radical (unpaired) electrons. The summed E-state index contributed by atoms with van der Waals surface area (Å²) in [5, 5.41) is 11.4. The van der Waals surface area contributed by atoms with Crippen molar-refractivity contribution in [1.29, 1.82) is 5.26 Å². The number of benzene rings is 2. The summed E-state index contributed by atoms with van der Waals surface area (Å²) < 4.78 is 18.4. The van der Waals surface area contributed by atoms with E-state index >= 15 is 0 Å². The number of ether oxygens (including phenoxy) is 1. The van der Waals surface area contributed by atoms with E-state index in [-0.39, 0.29) is 24.8 Å². The van der Waals surface area contributed by atoms with Crippen molar-refractivity contribution in [2.75, 3.05) is 13.2 Å². The van der Waals surface area contributed by atoms with Crippen molar-refractivity contribution in [2.24, 2.45) is 0 Å². The number of para-hydroxylation sites is 1. The first-order valence-corrected chi connectivity index (χ1v) is 6.82. The molecule has 0 unspecified atom stereocenters. The van der Waals surface area contributed by atoms with Gasteiger partial charge in [0.1, 0.15) is 6.61 Å². The maximum Gasteiger partial charge on any atom is 0.252 e. The number of carbonyl (C=O) groups excluding carboxylic acids is 1. The van der Waals surface area contributed by atoms with Crippen LogP contribution in [0.1, 0.15) is 15.9 Å². The van der Waals surface area contributed by atoms with Gasteiger partial charge in [-0.1, -0.05) is 30.0 Å². The molecule has 0 atom stereocenters. The van der Waals surface area contributed by atoms with Gasteiger partial charge in [0.25, 0.3) is 5.91 Å². The topological polar surface area (TPSA) is 62.1 Å². The number of hydrogen-bond acceptors (Lipinski definition) is 3. The Morgan fingerprint density at radius 1 is 1.17 bits per heavy atom. The minimum absolute atomic E-state index is 0.0285. The van der Waals surface area contributed by atoms with Crippen LogP contribution in [0.15, 0.2) is 48.5 Å². The third kappa shape index (κ3) is 4.87. The number of nitriles is 1. The van der Waals surface area contributed by atoms with Gasteiger partial charge in [0, 0.05) is 5.56 Å². The maximum atomic E-state index is 13.3. The van der Waals surface area contributed by atoms with Crippen molar-refractivity contribution in [3.8, 4) is 23.7 Å². The van der Waals surface area contributed by atoms with E-state index in [0.717, 1.165) is 0 Å². The second-order valence-corrected chi connectivity index (χ2v) is 4.45. The average molecular weight is 308 g/mol. The predicted octanol–water partition coefficient (Wildman–Crippen LogP) is 2.51. The molecule has 0 aliphatic rings. The highest BCUT2D eigenvalue weighted by Gasteiger charge is 2.04. The summed E-state index contributed by atoms with van der Waals surface area (Å²) >= 11 is 0. The summed E-state index contributed by atoms with van der Waals surface area (Å²) in [4.78, 5) is 11.8. The van der Waals surface area contributed by atoms with Crippen LogP contribution in [-0.2, 0) is 0 Å². The summed E-state index contributed by atoms with van der Waals surface area (Å²) in [5.41, 5.74) is 0.815. The van der Waals surface area contributed by atoms with E-state index in [0.29, 0.717) is 11.1 Å². The lowest BCUT2D eigenvalue weighted by molar-refractivity contribution is 0.0958. The van der Waals surface area contributed by atoms with Crippen molar-refractivity contribution in [2.45, 2.75) is 0 Å². The van der Waals surface area contributed by atoms with E-state index in [2.05, 4.69) is 17.2 Å². The third-order valence-electron chi connectivity index (χ3n) is 2.85. The first kappa shape index (κ1) is 16.1. The van der Waals surface area contributed by atoms with Gasteiger partial charge in [-0.05, 0) is 30.3 Å². The van der Waals surface area contributed by atoms with Gasteiger partial charge < -0.3 is 10.1 Å². The van der Waals surface area contributed by atoms with Crippen LogP contribution in [0.25, 0.3) is 0 Å². The van der Waals surface area contributed by atoms with Crippen LogP contribution >= 0.6 is 0 Å². The maximum absolute atomic E-state index is 13.3. The Labute approximate surface area is 133 Å². The van der Waals surface area contributed by atoms with Gasteiger partial charge >= 0.3 is 0 Å². The third-order valence-corrected chi connectivity index (χ3v) is 2.85. The van der Waals surface area contributed by atoms with E-state index in [1.165, 1.54) is 18.2 Å². The number of hydrogen-bond donors (Lipinski definition) is 1. The van der Waals surface area contributed by atoms with Gasteiger partial charge in [0.15, 0.2) is 11.6 Å². The highest BCUT2D eigenvalue weighted by Crippen LogP contribution is 2.14. The number of nitrogens with one attached hydrogen (secondary N) is 1. The fraction of sp³-hybridized carbons (Fsp3) is 0.111. The second-order valence-electron chi connectivity index (χ2n) is 4.45. The van der Waals surface area contributed by atoms with Crippen LogP contribution in [0.4, 0.5) is 4.39 Å². The van der Waals surface area contributed by atoms with Crippen LogP contribution in [0.5, 0.6) is 5.75 Å². The Morgan fingerprint density at radius 3 is 2.78 bits per heavy atom. The molecule has 0 fully saturated rings. The molecule has 4 nitrogen and oxygen atoms in total. The summed E-state index contributed by atoms with van der Waals surface area (Å²) in [6.07, 6.45) is 0. The zero-order chi connectivity index (χ0) is 16.5. The molecule has 0 aliphatic carbocycles. The standard InChI is InChI=1S/C18H13FN2O2/c19-16-8-1-2-9-17(16)23-11-4-3-10-21-18(22)15-7-5-6-14(12-15)13-20/h1-2,5-9,12H,10-11H2,(H,21,22). The van der Waals surface area contributed by atoms with Gasteiger partial charge in [0.05, 0.1) is 18.2 Å². The van der Waals surface area contributed by atoms with Crippen LogP contribution in [0.2, 0.25) is 0 Å². The number of rotatable bonds is 4. The van der Waals surface area contributed by atoms with Gasteiger partial charge in [-0.15, -0.1) is 0 Å². The monoisotopic (exact) mass is 308 g/mol. The highest BCUT2D eigenvalue weighted by atomic mass is 19.1. The van der Waals surface area contributed by atoms with Crippen molar-refractivity contribution in [3.05, 3.63) is 65.5 Å². The van der Waals surface area contributed by atoms with Crippen molar-refractivity contribution < 1.29 is 13.9 Å². The van der Waals surface area contributed by atoms with E-state index in [1.807, 2.05) is 6.07 Å². The van der Waals surface area contributed by atoms with Gasteiger partial charge in [-0.2, -0.15) is 5.26 Å². The quantitative estimate of drug-likeness (QED) is 0.883. The Morgan fingerprint density at radius 2 is 2.00 bits per heavy atom. The summed E-state index contributed by atoms with van der Waals surface area (Å²) in [7, 11) is 0. The van der Waals surface area contributed by atoms with E-state index in [4.69, 9.17) is 10.00 Å². The largest absolute Gasteiger partial charge is 0.478 e. The molecule has 0 bridgehead atoms. The molecule has 0 saturated heterocycles. The first-order chi connectivity index (χ1) is 11.2. The second kappa shape index (κ2) is 8.21. The zero-order valence-corrected chi connectivity index (χ0v) is 12.2. The van der Waals surface area contributed by atoms with E-state index in [9.17, 15) is 9.18 Å². The first-order valence-electron chi connectivity index (χ1n) is 6.82. The van der Waals surface area contributed by atoms with E-state index < -0.39 is 5.82 Å². The molecule has 0 aliphatic heterocycles. The molecular weight excluding hydrogens is 295 g/mol. The minimum Gasteiger partial charge on any atom is -0.478 e. The molecule has 2 aromatic carbocycles. The SMILES string of the molecule is N#Cc1cccc(C(=O)NCC#CCOc2ccccc2F)c1. The molecule has 0 aromatic heterocycles. The Hall–Kier alpha value is -3.31. The summed E-state index contributed by atoms with van der Waals surface area (Å²) in [6.45, 7) is 0.164. The normalized spacial score (nSPS) is 9.22. The molecule has 5 heteroatoms. The summed E-state index contributed by atoms with van der Waals surface area (Å²) in [5.74, 6) is 4.77. The summed E-state index contributed by atoms with van der Waals surface area (Å²) in [6, 6.07) is 14.4. The molecule has 114 valence electrons. The molecule has 0 saturated carbocycles. The van der Waals surface area contributed by atoms with Gasteiger partial charge in [-0.25, -0.2) is 4.39 Å². The van der Waals surface area contributed by atoms with Crippen molar-refractivity contribution in [1.82, 2.24) is 5.32 Å². The van der Waals surface area contributed by atoms with Crippen LogP contribution < -0.4 is 10.1 Å². The number of halogens is 1. The predicted molar refractivity (Wildman–Crippen MR) is 83.2 cm³/mol. The Kier molecular flexibility index (Phi) is 5.74. The van der Waals surface area contributed by atoms with Crippen molar-refractivity contribution >= 4 is 5.91 Å². The lowest BCUT2D eigenvalue weighted by Gasteiger charge is -2.02. The molecule has 2 rings (SSSR count). The minimum atomic E-state index is -0.444. The highest BCUT2D eigenvalue weighted by molar-refractivity contribution is 5.94. The number of nitrogens with zero attached hydrogens (tertiary/aromatic N) is 1. The number of amides is 1. The van der Waals surface area contributed by atoms with E-state index in [1.54, 1.807) is 30.3 Å². The molecular formula is C18H13FN2O2. The molecule has 0 heterocycles. The Balaban J connectivity index is 1.78. The molecule has 23 heavy (non-hydrogen) atoms. The molecule has 2 aromatic rings. The van der Waals surface area contributed by atoms with Crippen LogP contribution in [0.3, 0.4) is 0 Å². The van der Waals surface area contributed by atoms with Crippen LogP contribution in [-0.4, -0.2) is 19.1 Å². The lowest BCUT2D eigenvalue weighted by Crippen LogP contribution is -2.23. The lowest BCUT2D eigenvalue weighted by atomic mass is 10.1. The molecule has 1 amide bonds.